The second-order valence-corrected chi connectivity index (χ2v) is 7.56. The van der Waals surface area contributed by atoms with Crippen molar-refractivity contribution in [2.75, 3.05) is 19.6 Å². The molecular weight excluding hydrogens is 272 g/mol. The molecule has 1 atom stereocenters. The summed E-state index contributed by atoms with van der Waals surface area (Å²) in [6, 6.07) is 8.18. The fourth-order valence-electron chi connectivity index (χ4n) is 3.00. The van der Waals surface area contributed by atoms with Gasteiger partial charge in [0.25, 0.3) is 5.91 Å². The summed E-state index contributed by atoms with van der Waals surface area (Å²) in [4.78, 5) is 14.8. The minimum atomic E-state index is 0.0324. The molecule has 3 heteroatoms. The Labute approximate surface area is 135 Å². The van der Waals surface area contributed by atoms with Crippen LogP contribution in [0.3, 0.4) is 0 Å². The predicted octanol–water partition coefficient (Wildman–Crippen LogP) is 3.59. The summed E-state index contributed by atoms with van der Waals surface area (Å²) in [6.07, 6.45) is 3.92. The van der Waals surface area contributed by atoms with Crippen LogP contribution in [-0.2, 0) is 5.41 Å². The fourth-order valence-corrected chi connectivity index (χ4v) is 3.00. The van der Waals surface area contributed by atoms with Crippen LogP contribution in [0.1, 0.15) is 62.9 Å². The number of rotatable bonds is 4. The van der Waals surface area contributed by atoms with Gasteiger partial charge in [-0.1, -0.05) is 39.3 Å². The molecule has 22 heavy (non-hydrogen) atoms. The third kappa shape index (κ3) is 4.84. The highest BCUT2D eigenvalue weighted by Gasteiger charge is 2.17. The second kappa shape index (κ2) is 7.28. The minimum Gasteiger partial charge on any atom is -0.348 e. The summed E-state index contributed by atoms with van der Waals surface area (Å²) in [5.41, 5.74) is 2.13. The third-order valence-electron chi connectivity index (χ3n) is 4.37. The zero-order chi connectivity index (χ0) is 16.2. The van der Waals surface area contributed by atoms with Gasteiger partial charge >= 0.3 is 0 Å². The van der Waals surface area contributed by atoms with Crippen LogP contribution in [0.5, 0.6) is 0 Å². The lowest BCUT2D eigenvalue weighted by Crippen LogP contribution is -2.43. The maximum Gasteiger partial charge on any atom is 0.251 e. The van der Waals surface area contributed by atoms with Gasteiger partial charge in [0.2, 0.25) is 0 Å². The van der Waals surface area contributed by atoms with Gasteiger partial charge in [0.1, 0.15) is 0 Å². The van der Waals surface area contributed by atoms with E-state index in [1.165, 1.54) is 37.9 Å². The number of hydrogen-bond donors (Lipinski definition) is 1. The Balaban J connectivity index is 1.88. The molecule has 122 valence electrons. The van der Waals surface area contributed by atoms with Crippen LogP contribution in [0, 0.1) is 0 Å². The molecule has 1 aliphatic rings. The highest BCUT2D eigenvalue weighted by molar-refractivity contribution is 5.94. The van der Waals surface area contributed by atoms with E-state index >= 15 is 0 Å². The van der Waals surface area contributed by atoms with Gasteiger partial charge in [-0.25, -0.2) is 0 Å². The summed E-state index contributed by atoms with van der Waals surface area (Å²) >= 11 is 0. The Bertz CT molecular complexity index is 481. The van der Waals surface area contributed by atoms with Gasteiger partial charge in [-0.15, -0.1) is 0 Å². The van der Waals surface area contributed by atoms with Crippen molar-refractivity contribution in [3.8, 4) is 0 Å². The standard InChI is InChI=1S/C19H30N2O/c1-15(14-21-12-6-5-7-13-21)20-18(22)16-8-10-17(11-9-16)19(2,3)4/h8-11,15H,5-7,12-14H2,1-4H3,(H,20,22). The molecule has 1 saturated heterocycles. The molecule has 1 N–H and O–H groups in total. The Morgan fingerprint density at radius 3 is 2.27 bits per heavy atom. The van der Waals surface area contributed by atoms with Crippen molar-refractivity contribution in [3.63, 3.8) is 0 Å². The summed E-state index contributed by atoms with van der Waals surface area (Å²) in [6.45, 7) is 11.9. The van der Waals surface area contributed by atoms with Crippen LogP contribution in [0.2, 0.25) is 0 Å². The number of piperidine rings is 1. The van der Waals surface area contributed by atoms with Gasteiger partial charge in [-0.3, -0.25) is 4.79 Å². The molecule has 0 spiro atoms. The van der Waals surface area contributed by atoms with Crippen molar-refractivity contribution in [1.82, 2.24) is 10.2 Å². The third-order valence-corrected chi connectivity index (χ3v) is 4.37. The van der Waals surface area contributed by atoms with Gasteiger partial charge in [-0.2, -0.15) is 0 Å². The molecule has 0 radical (unpaired) electrons. The highest BCUT2D eigenvalue weighted by atomic mass is 16.1. The van der Waals surface area contributed by atoms with Crippen molar-refractivity contribution in [2.24, 2.45) is 0 Å². The van der Waals surface area contributed by atoms with Gasteiger partial charge < -0.3 is 10.2 Å². The number of benzene rings is 1. The van der Waals surface area contributed by atoms with Crippen molar-refractivity contribution in [3.05, 3.63) is 35.4 Å². The van der Waals surface area contributed by atoms with Gasteiger partial charge in [0, 0.05) is 18.2 Å². The molecule has 0 bridgehead atoms. The highest BCUT2D eigenvalue weighted by Crippen LogP contribution is 2.22. The van der Waals surface area contributed by atoms with Gasteiger partial charge in [0.15, 0.2) is 0 Å². The summed E-state index contributed by atoms with van der Waals surface area (Å²) in [7, 11) is 0. The molecule has 1 amide bonds. The normalized spacial score (nSPS) is 18.0. The molecule has 1 fully saturated rings. The maximum atomic E-state index is 12.3. The summed E-state index contributed by atoms with van der Waals surface area (Å²) < 4.78 is 0. The molecule has 0 aromatic heterocycles. The second-order valence-electron chi connectivity index (χ2n) is 7.56. The van der Waals surface area contributed by atoms with Crippen LogP contribution in [0.25, 0.3) is 0 Å². The number of carbonyl (C=O) groups is 1. The van der Waals surface area contributed by atoms with Crippen molar-refractivity contribution in [1.29, 1.82) is 0 Å². The number of amides is 1. The number of likely N-dealkylation sites (tertiary alicyclic amines) is 1. The maximum absolute atomic E-state index is 12.3. The van der Waals surface area contributed by atoms with E-state index in [0.717, 1.165) is 12.1 Å². The average Bonchev–Trinajstić information content (AvgIpc) is 2.47. The zero-order valence-corrected chi connectivity index (χ0v) is 14.5. The van der Waals surface area contributed by atoms with Crippen molar-refractivity contribution < 1.29 is 4.79 Å². The minimum absolute atomic E-state index is 0.0324. The Morgan fingerprint density at radius 1 is 1.14 bits per heavy atom. The summed E-state index contributed by atoms with van der Waals surface area (Å²) in [5, 5.41) is 3.12. The summed E-state index contributed by atoms with van der Waals surface area (Å²) in [5.74, 6) is 0.0324. The van der Waals surface area contributed by atoms with Gasteiger partial charge in [-0.05, 0) is 56.0 Å². The lowest BCUT2D eigenvalue weighted by Gasteiger charge is -2.29. The Hall–Kier alpha value is -1.35. The van der Waals surface area contributed by atoms with Crippen LogP contribution >= 0.6 is 0 Å². The lowest BCUT2D eigenvalue weighted by atomic mass is 9.86. The van der Waals surface area contributed by atoms with Crippen LogP contribution in [0.4, 0.5) is 0 Å². The van der Waals surface area contributed by atoms with E-state index in [1.807, 2.05) is 12.1 Å². The molecule has 1 aliphatic heterocycles. The molecule has 0 aliphatic carbocycles. The van der Waals surface area contributed by atoms with Crippen LogP contribution < -0.4 is 5.32 Å². The Morgan fingerprint density at radius 2 is 1.73 bits per heavy atom. The molecule has 1 aromatic rings. The smallest absolute Gasteiger partial charge is 0.251 e. The Kier molecular flexibility index (Phi) is 5.63. The largest absolute Gasteiger partial charge is 0.348 e. The number of carbonyl (C=O) groups excluding carboxylic acids is 1. The quantitative estimate of drug-likeness (QED) is 0.922. The average molecular weight is 302 g/mol. The first-order valence-electron chi connectivity index (χ1n) is 8.50. The molecular formula is C19H30N2O. The van der Waals surface area contributed by atoms with E-state index in [0.29, 0.717) is 0 Å². The molecule has 3 nitrogen and oxygen atoms in total. The first-order chi connectivity index (χ1) is 10.4. The fraction of sp³-hybridized carbons (Fsp3) is 0.632. The topological polar surface area (TPSA) is 32.3 Å². The number of hydrogen-bond acceptors (Lipinski definition) is 2. The van der Waals surface area contributed by atoms with Crippen molar-refractivity contribution >= 4 is 5.91 Å². The van der Waals surface area contributed by atoms with Crippen LogP contribution in [0.15, 0.2) is 24.3 Å². The van der Waals surface area contributed by atoms with E-state index in [-0.39, 0.29) is 17.4 Å². The molecule has 1 aromatic carbocycles. The zero-order valence-electron chi connectivity index (χ0n) is 14.5. The van der Waals surface area contributed by atoms with E-state index in [9.17, 15) is 4.79 Å². The number of nitrogens with one attached hydrogen (secondary N) is 1. The van der Waals surface area contributed by atoms with E-state index < -0.39 is 0 Å². The molecule has 2 rings (SSSR count). The van der Waals surface area contributed by atoms with E-state index in [2.05, 4.69) is 50.0 Å². The van der Waals surface area contributed by atoms with E-state index in [1.54, 1.807) is 0 Å². The lowest BCUT2D eigenvalue weighted by molar-refractivity contribution is 0.0925. The van der Waals surface area contributed by atoms with E-state index in [4.69, 9.17) is 0 Å². The van der Waals surface area contributed by atoms with Crippen LogP contribution in [-0.4, -0.2) is 36.5 Å². The van der Waals surface area contributed by atoms with Crippen molar-refractivity contribution in [2.45, 2.75) is 58.4 Å². The SMILES string of the molecule is CC(CN1CCCCC1)NC(=O)c1ccc(C(C)(C)C)cc1. The predicted molar refractivity (Wildman–Crippen MR) is 92.4 cm³/mol. The number of nitrogens with zero attached hydrogens (tertiary/aromatic N) is 1. The molecule has 1 unspecified atom stereocenters. The molecule has 1 heterocycles. The molecule has 0 saturated carbocycles. The first-order valence-corrected chi connectivity index (χ1v) is 8.50. The first kappa shape index (κ1) is 17.0. The monoisotopic (exact) mass is 302 g/mol. The van der Waals surface area contributed by atoms with Gasteiger partial charge in [0.05, 0.1) is 0 Å².